The highest BCUT2D eigenvalue weighted by atomic mass is 35.5. The number of hydrogen-bond donors (Lipinski definition) is 1. The predicted octanol–water partition coefficient (Wildman–Crippen LogP) is 6.09. The third-order valence-electron chi connectivity index (χ3n) is 10.2. The van der Waals surface area contributed by atoms with Gasteiger partial charge < -0.3 is 24.5 Å². The van der Waals surface area contributed by atoms with Crippen LogP contribution in [0.25, 0.3) is 0 Å². The number of fused-ring (bicyclic) bond motifs is 1. The number of nitrogens with zero attached hydrogens (tertiary/aromatic N) is 3. The molecule has 0 radical (unpaired) electrons. The Balaban J connectivity index is 1.60. The van der Waals surface area contributed by atoms with E-state index in [0.717, 1.165) is 24.1 Å². The molecule has 3 aliphatic heterocycles. The summed E-state index contributed by atoms with van der Waals surface area (Å²) in [5.74, 6) is -2.26. The zero-order chi connectivity index (χ0) is 33.1. The van der Waals surface area contributed by atoms with Gasteiger partial charge in [0.15, 0.2) is 0 Å². The number of para-hydroxylation sites is 2. The SMILES string of the molecule is C=CCN(C(=O)[C@H]1[C@H]2C(=O)N(CCCCCCO)C(C(=O)N(CC=C)c3c(C)cccc3Cl)C23CC[C@]1(CC)O3)c1ccccc1. The summed E-state index contributed by atoms with van der Waals surface area (Å²) in [7, 11) is 0. The quantitative estimate of drug-likeness (QED) is 0.187. The fraction of sp³-hybridized carbons (Fsp3) is 0.486. The van der Waals surface area contributed by atoms with Crippen LogP contribution in [-0.2, 0) is 19.1 Å². The van der Waals surface area contributed by atoms with E-state index in [1.807, 2.05) is 56.3 Å². The minimum Gasteiger partial charge on any atom is -0.396 e. The molecule has 2 aromatic rings. The van der Waals surface area contributed by atoms with Crippen LogP contribution in [0, 0.1) is 18.8 Å². The van der Waals surface area contributed by atoms with E-state index >= 15 is 0 Å². The van der Waals surface area contributed by atoms with Crippen molar-refractivity contribution < 1.29 is 24.2 Å². The molecule has 5 atom stereocenters. The monoisotopic (exact) mass is 647 g/mol. The molecule has 3 amide bonds. The second kappa shape index (κ2) is 14.1. The number of aliphatic hydroxyl groups excluding tert-OH is 1. The molecule has 0 saturated carbocycles. The Morgan fingerprint density at radius 3 is 2.35 bits per heavy atom. The van der Waals surface area contributed by atoms with Crippen molar-refractivity contribution in [3.63, 3.8) is 0 Å². The van der Waals surface area contributed by atoms with Crippen molar-refractivity contribution >= 4 is 40.7 Å². The lowest BCUT2D eigenvalue weighted by Gasteiger charge is -2.37. The molecule has 2 unspecified atom stereocenters. The summed E-state index contributed by atoms with van der Waals surface area (Å²) in [6.07, 6.45) is 7.90. The number of likely N-dealkylation sites (tertiary alicyclic amines) is 1. The summed E-state index contributed by atoms with van der Waals surface area (Å²) in [4.78, 5) is 49.4. The summed E-state index contributed by atoms with van der Waals surface area (Å²) < 4.78 is 7.05. The number of ether oxygens (including phenoxy) is 1. The highest BCUT2D eigenvalue weighted by Crippen LogP contribution is 2.65. The zero-order valence-corrected chi connectivity index (χ0v) is 27.8. The molecule has 2 bridgehead atoms. The molecule has 246 valence electrons. The number of rotatable bonds is 15. The Hall–Kier alpha value is -3.46. The predicted molar refractivity (Wildman–Crippen MR) is 182 cm³/mol. The number of carbonyl (C=O) groups is 3. The van der Waals surface area contributed by atoms with E-state index in [4.69, 9.17) is 16.3 Å². The zero-order valence-electron chi connectivity index (χ0n) is 27.0. The number of halogens is 1. The minimum atomic E-state index is -1.17. The van der Waals surface area contributed by atoms with Crippen molar-refractivity contribution in [2.24, 2.45) is 11.8 Å². The van der Waals surface area contributed by atoms with Gasteiger partial charge in [-0.05, 0) is 62.8 Å². The summed E-state index contributed by atoms with van der Waals surface area (Å²) in [6, 6.07) is 14.0. The van der Waals surface area contributed by atoms with Gasteiger partial charge in [-0.1, -0.05) is 73.9 Å². The van der Waals surface area contributed by atoms with Gasteiger partial charge in [0, 0.05) is 31.9 Å². The molecule has 3 heterocycles. The first-order chi connectivity index (χ1) is 22.2. The first-order valence-electron chi connectivity index (χ1n) is 16.5. The largest absolute Gasteiger partial charge is 0.396 e. The third-order valence-corrected chi connectivity index (χ3v) is 10.5. The van der Waals surface area contributed by atoms with E-state index in [1.54, 1.807) is 32.9 Å². The molecule has 3 aliphatic rings. The summed E-state index contributed by atoms with van der Waals surface area (Å²) in [5.41, 5.74) is 0.0903. The van der Waals surface area contributed by atoms with Crippen LogP contribution >= 0.6 is 11.6 Å². The Morgan fingerprint density at radius 1 is 1.00 bits per heavy atom. The van der Waals surface area contributed by atoms with E-state index in [2.05, 4.69) is 13.2 Å². The maximum absolute atomic E-state index is 15.0. The molecule has 9 heteroatoms. The molecule has 1 N–H and O–H groups in total. The number of aryl methyl sites for hydroxylation is 1. The van der Waals surface area contributed by atoms with E-state index in [0.29, 0.717) is 49.4 Å². The summed E-state index contributed by atoms with van der Waals surface area (Å²) in [5, 5.41) is 9.71. The van der Waals surface area contributed by atoms with Crippen LogP contribution in [0.2, 0.25) is 5.02 Å². The van der Waals surface area contributed by atoms with Crippen LogP contribution in [0.15, 0.2) is 73.8 Å². The molecular weight excluding hydrogens is 602 g/mol. The van der Waals surface area contributed by atoms with Gasteiger partial charge in [-0.2, -0.15) is 0 Å². The molecule has 0 aliphatic carbocycles. The average Bonchev–Trinajstić information content (AvgIpc) is 3.66. The van der Waals surface area contributed by atoms with Crippen molar-refractivity contribution in [3.8, 4) is 0 Å². The summed E-state index contributed by atoms with van der Waals surface area (Å²) in [6.45, 7) is 12.7. The van der Waals surface area contributed by atoms with Crippen molar-refractivity contribution in [2.75, 3.05) is 36.0 Å². The first kappa shape index (κ1) is 33.9. The van der Waals surface area contributed by atoms with Gasteiger partial charge in [-0.25, -0.2) is 0 Å². The molecule has 8 nitrogen and oxygen atoms in total. The standard InChI is InChI=1S/C37H46ClN3O5/c1-5-22-39(27-17-11-10-12-18-27)33(43)29-30-34(44)41(24-13-8-9-14-25-42)32(37(30)21-20-36(29,7-3)46-37)35(45)40(23-6-2)31-26(4)16-15-19-28(31)38/h5-6,10-12,15-19,29-30,32,42H,1-2,7-9,13-14,20-25H2,3-4H3/t29-,30+,32?,36+,37?/m1/s1. The second-order valence-electron chi connectivity index (χ2n) is 12.7. The Kier molecular flexibility index (Phi) is 10.4. The van der Waals surface area contributed by atoms with Gasteiger partial charge in [-0.15, -0.1) is 13.2 Å². The molecule has 3 fully saturated rings. The van der Waals surface area contributed by atoms with Crippen LogP contribution in [0.4, 0.5) is 11.4 Å². The van der Waals surface area contributed by atoms with Gasteiger partial charge in [0.2, 0.25) is 11.8 Å². The maximum atomic E-state index is 15.0. The van der Waals surface area contributed by atoms with Crippen LogP contribution in [-0.4, -0.2) is 71.2 Å². The molecule has 0 aromatic heterocycles. The first-order valence-corrected chi connectivity index (χ1v) is 16.8. The van der Waals surface area contributed by atoms with E-state index in [9.17, 15) is 19.5 Å². The van der Waals surface area contributed by atoms with Crippen molar-refractivity contribution in [3.05, 3.63) is 84.4 Å². The van der Waals surface area contributed by atoms with Crippen LogP contribution in [0.5, 0.6) is 0 Å². The second-order valence-corrected chi connectivity index (χ2v) is 13.1. The number of unbranched alkanes of at least 4 members (excludes halogenated alkanes) is 3. The van der Waals surface area contributed by atoms with Crippen LogP contribution < -0.4 is 9.80 Å². The topological polar surface area (TPSA) is 90.4 Å². The molecule has 3 saturated heterocycles. The highest BCUT2D eigenvalue weighted by Gasteiger charge is 2.79. The Bertz CT molecular complexity index is 1450. The lowest BCUT2D eigenvalue weighted by Crippen LogP contribution is -2.57. The van der Waals surface area contributed by atoms with Gasteiger partial charge >= 0.3 is 0 Å². The van der Waals surface area contributed by atoms with Gasteiger partial charge in [-0.3, -0.25) is 14.4 Å². The van der Waals surface area contributed by atoms with Crippen LogP contribution in [0.3, 0.4) is 0 Å². The van der Waals surface area contributed by atoms with E-state index in [-0.39, 0.29) is 37.4 Å². The van der Waals surface area contributed by atoms with Gasteiger partial charge in [0.05, 0.1) is 28.1 Å². The maximum Gasteiger partial charge on any atom is 0.253 e. The number of anilines is 2. The van der Waals surface area contributed by atoms with E-state index in [1.165, 1.54) is 0 Å². The number of hydrogen-bond acceptors (Lipinski definition) is 5. The number of amides is 3. The third kappa shape index (κ3) is 5.69. The molecular formula is C37H46ClN3O5. The summed E-state index contributed by atoms with van der Waals surface area (Å²) >= 11 is 6.71. The lowest BCUT2D eigenvalue weighted by molar-refractivity contribution is -0.146. The minimum absolute atomic E-state index is 0.113. The molecule has 2 aromatic carbocycles. The van der Waals surface area contributed by atoms with Crippen molar-refractivity contribution in [1.82, 2.24) is 4.90 Å². The van der Waals surface area contributed by atoms with Crippen molar-refractivity contribution in [1.29, 1.82) is 0 Å². The van der Waals surface area contributed by atoms with Gasteiger partial charge in [0.1, 0.15) is 11.6 Å². The average molecular weight is 648 g/mol. The Labute approximate surface area is 277 Å². The fourth-order valence-electron chi connectivity index (χ4n) is 8.12. The Morgan fingerprint density at radius 2 is 1.70 bits per heavy atom. The van der Waals surface area contributed by atoms with Crippen LogP contribution in [0.1, 0.15) is 57.4 Å². The molecule has 5 rings (SSSR count). The molecule has 46 heavy (non-hydrogen) atoms. The van der Waals surface area contributed by atoms with Crippen molar-refractivity contribution in [2.45, 2.75) is 76.0 Å². The van der Waals surface area contributed by atoms with E-state index < -0.39 is 29.1 Å². The number of carbonyl (C=O) groups excluding carboxylic acids is 3. The smallest absolute Gasteiger partial charge is 0.253 e. The number of aliphatic hydroxyl groups is 1. The number of benzene rings is 2. The van der Waals surface area contributed by atoms with Gasteiger partial charge in [0.25, 0.3) is 5.91 Å². The normalized spacial score (nSPS) is 26.2. The lowest BCUT2D eigenvalue weighted by atomic mass is 9.64. The highest BCUT2D eigenvalue weighted by molar-refractivity contribution is 6.34. The fourth-order valence-corrected chi connectivity index (χ4v) is 8.45. The molecule has 1 spiro atoms.